The predicted molar refractivity (Wildman–Crippen MR) is 108 cm³/mol. The first-order valence-corrected chi connectivity index (χ1v) is 9.31. The van der Waals surface area contributed by atoms with Crippen molar-refractivity contribution in [3.05, 3.63) is 66.4 Å². The van der Waals surface area contributed by atoms with E-state index in [-0.39, 0.29) is 31.6 Å². The summed E-state index contributed by atoms with van der Waals surface area (Å²) < 4.78 is 10.8. The SMILES string of the molecule is CCOC(=O)CN(C(=O)CNC(C)c1cc2ccccc2o1)c1ccccc1. The molecule has 0 radical (unpaired) electrons. The number of esters is 1. The van der Waals surface area contributed by atoms with Crippen LogP contribution >= 0.6 is 0 Å². The van der Waals surface area contributed by atoms with Gasteiger partial charge in [-0.1, -0.05) is 36.4 Å². The summed E-state index contributed by atoms with van der Waals surface area (Å²) >= 11 is 0. The molecule has 0 fully saturated rings. The quantitative estimate of drug-likeness (QED) is 0.604. The Morgan fingerprint density at radius 1 is 1.11 bits per heavy atom. The first-order valence-electron chi connectivity index (χ1n) is 9.31. The molecule has 1 aromatic heterocycles. The summed E-state index contributed by atoms with van der Waals surface area (Å²) in [4.78, 5) is 26.2. The standard InChI is InChI=1S/C22H24N2O4/c1-3-27-22(26)15-24(18-10-5-4-6-11-18)21(25)14-23-16(2)20-13-17-9-7-8-12-19(17)28-20/h4-13,16,23H,3,14-15H2,1-2H3. The lowest BCUT2D eigenvalue weighted by Gasteiger charge is -2.23. The molecule has 1 atom stereocenters. The molecule has 6 nitrogen and oxygen atoms in total. The molecule has 3 aromatic rings. The first kappa shape index (κ1) is 19.6. The second kappa shape index (κ2) is 9.19. The molecule has 0 saturated heterocycles. The summed E-state index contributed by atoms with van der Waals surface area (Å²) in [6.45, 7) is 3.88. The number of ether oxygens (including phenoxy) is 1. The van der Waals surface area contributed by atoms with Crippen molar-refractivity contribution >= 4 is 28.5 Å². The highest BCUT2D eigenvalue weighted by atomic mass is 16.5. The van der Waals surface area contributed by atoms with Crippen molar-refractivity contribution in [2.24, 2.45) is 0 Å². The number of anilines is 1. The molecule has 0 spiro atoms. The maximum atomic E-state index is 12.8. The minimum absolute atomic E-state index is 0.0620. The van der Waals surface area contributed by atoms with Crippen LogP contribution in [0.25, 0.3) is 11.0 Å². The van der Waals surface area contributed by atoms with Gasteiger partial charge in [0.15, 0.2) is 0 Å². The summed E-state index contributed by atoms with van der Waals surface area (Å²) in [5, 5.41) is 4.20. The number of rotatable bonds is 8. The molecule has 3 rings (SSSR count). The molecule has 0 aliphatic heterocycles. The van der Waals surface area contributed by atoms with Crippen LogP contribution in [0.4, 0.5) is 5.69 Å². The van der Waals surface area contributed by atoms with E-state index in [0.717, 1.165) is 16.7 Å². The summed E-state index contributed by atoms with van der Waals surface area (Å²) in [5.41, 5.74) is 1.46. The number of benzene rings is 2. The van der Waals surface area contributed by atoms with Crippen molar-refractivity contribution in [2.75, 3.05) is 24.6 Å². The highest BCUT2D eigenvalue weighted by Crippen LogP contribution is 2.23. The molecule has 0 aliphatic carbocycles. The second-order valence-electron chi connectivity index (χ2n) is 6.41. The zero-order chi connectivity index (χ0) is 19.9. The van der Waals surface area contributed by atoms with Gasteiger partial charge in [0.25, 0.3) is 0 Å². The Hall–Kier alpha value is -3.12. The monoisotopic (exact) mass is 380 g/mol. The average Bonchev–Trinajstić information content (AvgIpc) is 3.15. The Kier molecular flexibility index (Phi) is 6.45. The smallest absolute Gasteiger partial charge is 0.326 e. The molecule has 6 heteroatoms. The van der Waals surface area contributed by atoms with Crippen LogP contribution in [0.3, 0.4) is 0 Å². The third-order valence-corrected chi connectivity index (χ3v) is 4.39. The van der Waals surface area contributed by atoms with Crippen molar-refractivity contribution in [1.29, 1.82) is 0 Å². The molecule has 28 heavy (non-hydrogen) atoms. The number of carbonyl (C=O) groups excluding carboxylic acids is 2. The minimum Gasteiger partial charge on any atom is -0.465 e. The van der Waals surface area contributed by atoms with Crippen LogP contribution in [0.2, 0.25) is 0 Å². The Labute approximate surface area is 164 Å². The van der Waals surface area contributed by atoms with Crippen LogP contribution in [0, 0.1) is 0 Å². The van der Waals surface area contributed by atoms with E-state index >= 15 is 0 Å². The van der Waals surface area contributed by atoms with E-state index < -0.39 is 5.97 Å². The first-order chi connectivity index (χ1) is 13.6. The molecule has 146 valence electrons. The Balaban J connectivity index is 1.67. The van der Waals surface area contributed by atoms with Gasteiger partial charge in [0, 0.05) is 11.1 Å². The van der Waals surface area contributed by atoms with E-state index in [2.05, 4.69) is 5.32 Å². The molecule has 0 aliphatic rings. The van der Waals surface area contributed by atoms with Gasteiger partial charge in [0.1, 0.15) is 17.9 Å². The summed E-state index contributed by atoms with van der Waals surface area (Å²) in [6, 6.07) is 18.7. The molecule has 0 saturated carbocycles. The van der Waals surface area contributed by atoms with Gasteiger partial charge < -0.3 is 14.1 Å². The molecular formula is C22H24N2O4. The third kappa shape index (κ3) is 4.78. The van der Waals surface area contributed by atoms with Crippen molar-refractivity contribution in [1.82, 2.24) is 5.32 Å². The van der Waals surface area contributed by atoms with Gasteiger partial charge in [-0.05, 0) is 38.1 Å². The number of fused-ring (bicyclic) bond motifs is 1. The van der Waals surface area contributed by atoms with Gasteiger partial charge in [-0.25, -0.2) is 0 Å². The summed E-state index contributed by atoms with van der Waals surface area (Å²) in [6.07, 6.45) is 0. The van der Waals surface area contributed by atoms with Crippen molar-refractivity contribution in [3.63, 3.8) is 0 Å². The largest absolute Gasteiger partial charge is 0.465 e. The number of furan rings is 1. The minimum atomic E-state index is -0.440. The fourth-order valence-electron chi connectivity index (χ4n) is 2.92. The lowest BCUT2D eigenvalue weighted by atomic mass is 10.2. The van der Waals surface area contributed by atoms with Crippen molar-refractivity contribution < 1.29 is 18.7 Å². The van der Waals surface area contributed by atoms with Crippen LogP contribution in [-0.4, -0.2) is 31.6 Å². The van der Waals surface area contributed by atoms with Crippen LogP contribution in [0.1, 0.15) is 25.6 Å². The Bertz CT molecular complexity index is 903. The molecule has 0 bridgehead atoms. The molecule has 1 N–H and O–H groups in total. The predicted octanol–water partition coefficient (Wildman–Crippen LogP) is 3.68. The molecule has 1 heterocycles. The fourth-order valence-corrected chi connectivity index (χ4v) is 2.92. The van der Waals surface area contributed by atoms with Gasteiger partial charge in [-0.3, -0.25) is 14.9 Å². The highest BCUT2D eigenvalue weighted by molar-refractivity contribution is 5.98. The summed E-state index contributed by atoms with van der Waals surface area (Å²) in [7, 11) is 0. The van der Waals surface area contributed by atoms with Gasteiger partial charge in [0.05, 0.1) is 19.2 Å². The van der Waals surface area contributed by atoms with E-state index in [4.69, 9.17) is 9.15 Å². The third-order valence-electron chi connectivity index (χ3n) is 4.39. The molecule has 1 amide bonds. The normalized spacial score (nSPS) is 11.9. The Morgan fingerprint density at radius 3 is 2.54 bits per heavy atom. The van der Waals surface area contributed by atoms with Gasteiger partial charge in [-0.15, -0.1) is 0 Å². The fraction of sp³-hybridized carbons (Fsp3) is 0.273. The number of amides is 1. The van der Waals surface area contributed by atoms with Gasteiger partial charge in [-0.2, -0.15) is 0 Å². The maximum Gasteiger partial charge on any atom is 0.326 e. The van der Waals surface area contributed by atoms with Gasteiger partial charge in [0.2, 0.25) is 5.91 Å². The van der Waals surface area contributed by atoms with E-state index in [0.29, 0.717) is 5.69 Å². The zero-order valence-electron chi connectivity index (χ0n) is 16.1. The lowest BCUT2D eigenvalue weighted by Crippen LogP contribution is -2.42. The van der Waals surface area contributed by atoms with Crippen LogP contribution < -0.4 is 10.2 Å². The average molecular weight is 380 g/mol. The molecule has 1 unspecified atom stereocenters. The molecular weight excluding hydrogens is 356 g/mol. The van der Waals surface area contributed by atoms with E-state index in [9.17, 15) is 9.59 Å². The van der Waals surface area contributed by atoms with Gasteiger partial charge >= 0.3 is 5.97 Å². The van der Waals surface area contributed by atoms with E-state index in [1.807, 2.05) is 55.5 Å². The molecule has 2 aromatic carbocycles. The van der Waals surface area contributed by atoms with Crippen LogP contribution in [0.5, 0.6) is 0 Å². The zero-order valence-corrected chi connectivity index (χ0v) is 16.1. The lowest BCUT2D eigenvalue weighted by molar-refractivity contribution is -0.142. The highest BCUT2D eigenvalue weighted by Gasteiger charge is 2.21. The maximum absolute atomic E-state index is 12.8. The number of para-hydroxylation sites is 2. The van der Waals surface area contributed by atoms with Crippen LogP contribution in [0.15, 0.2) is 65.1 Å². The van der Waals surface area contributed by atoms with E-state index in [1.165, 1.54) is 4.90 Å². The number of nitrogens with zero attached hydrogens (tertiary/aromatic N) is 1. The Morgan fingerprint density at radius 2 is 1.82 bits per heavy atom. The topological polar surface area (TPSA) is 71.8 Å². The van der Waals surface area contributed by atoms with Crippen LogP contribution in [-0.2, 0) is 14.3 Å². The number of carbonyl (C=O) groups is 2. The summed E-state index contributed by atoms with van der Waals surface area (Å²) in [5.74, 6) is 0.0953. The number of hydrogen-bond acceptors (Lipinski definition) is 5. The van der Waals surface area contributed by atoms with Crippen molar-refractivity contribution in [3.8, 4) is 0 Å². The second-order valence-corrected chi connectivity index (χ2v) is 6.41. The van der Waals surface area contributed by atoms with Crippen molar-refractivity contribution in [2.45, 2.75) is 19.9 Å². The number of nitrogens with one attached hydrogen (secondary N) is 1. The van der Waals surface area contributed by atoms with E-state index in [1.54, 1.807) is 19.1 Å². The number of hydrogen-bond donors (Lipinski definition) is 1.